The van der Waals surface area contributed by atoms with E-state index in [2.05, 4.69) is 41.7 Å². The quantitative estimate of drug-likeness (QED) is 0.0848. The molecular formula is C43H52N7O7P. The third kappa shape index (κ3) is 8.14. The molecule has 0 saturated carbocycles. The highest BCUT2D eigenvalue weighted by molar-refractivity contribution is 7.47. The summed E-state index contributed by atoms with van der Waals surface area (Å²) in [5.41, 5.74) is 1.70. The van der Waals surface area contributed by atoms with E-state index in [9.17, 15) is 9.59 Å². The SMILES string of the molecule is COc1ccc(C(OC[C@H]2O[C@@H](n3cnc4c(=O)[nH]c(NC(=O)C(C)C)nc43)C[C@@H]2OP(N2CCCC2)N2CCCC2)(c2ccccc2)c2ccc(OC)cc2)cc1. The number of methoxy groups -OCH3 is 2. The van der Waals surface area contributed by atoms with Gasteiger partial charge in [-0.1, -0.05) is 68.4 Å². The number of hydrogen-bond donors (Lipinski definition) is 2. The van der Waals surface area contributed by atoms with Crippen LogP contribution in [-0.4, -0.2) is 94.0 Å². The molecule has 5 heterocycles. The van der Waals surface area contributed by atoms with Crippen LogP contribution in [0.4, 0.5) is 5.95 Å². The smallest absolute Gasteiger partial charge is 0.280 e. The lowest BCUT2D eigenvalue weighted by atomic mass is 9.80. The zero-order valence-electron chi connectivity index (χ0n) is 33.5. The number of aromatic nitrogens is 4. The van der Waals surface area contributed by atoms with E-state index in [1.807, 2.05) is 66.7 Å². The molecule has 3 aromatic carbocycles. The molecule has 58 heavy (non-hydrogen) atoms. The van der Waals surface area contributed by atoms with Crippen LogP contribution in [0.1, 0.15) is 68.9 Å². The lowest BCUT2D eigenvalue weighted by Crippen LogP contribution is -2.39. The Morgan fingerprint density at radius 1 is 0.879 bits per heavy atom. The lowest BCUT2D eigenvalue weighted by Gasteiger charge is -2.38. The van der Waals surface area contributed by atoms with Gasteiger partial charge in [-0.15, -0.1) is 0 Å². The van der Waals surface area contributed by atoms with Crippen LogP contribution in [0.25, 0.3) is 11.2 Å². The van der Waals surface area contributed by atoms with E-state index in [4.69, 9.17) is 23.5 Å². The second-order valence-corrected chi connectivity index (χ2v) is 17.1. The number of fused-ring (bicyclic) bond motifs is 1. The van der Waals surface area contributed by atoms with Crippen LogP contribution in [-0.2, 0) is 24.4 Å². The normalized spacial score (nSPS) is 20.4. The van der Waals surface area contributed by atoms with Crippen LogP contribution in [0.2, 0.25) is 0 Å². The van der Waals surface area contributed by atoms with Crippen LogP contribution in [0.15, 0.2) is 90.0 Å². The van der Waals surface area contributed by atoms with Crippen LogP contribution < -0.4 is 20.3 Å². The monoisotopic (exact) mass is 809 g/mol. The molecule has 2 aromatic heterocycles. The third-order valence-corrected chi connectivity index (χ3v) is 13.4. The summed E-state index contributed by atoms with van der Waals surface area (Å²) in [5, 5.41) is 2.73. The number of carbonyl (C=O) groups excluding carboxylic acids is 1. The number of imidazole rings is 1. The van der Waals surface area contributed by atoms with E-state index in [1.54, 1.807) is 39.0 Å². The van der Waals surface area contributed by atoms with Crippen molar-refractivity contribution in [3.63, 3.8) is 0 Å². The zero-order valence-corrected chi connectivity index (χ0v) is 34.4. The summed E-state index contributed by atoms with van der Waals surface area (Å²) in [6.45, 7) is 7.70. The molecule has 3 fully saturated rings. The Hall–Kier alpha value is -4.69. The van der Waals surface area contributed by atoms with E-state index in [0.717, 1.165) is 80.1 Å². The topological polar surface area (TPSA) is 145 Å². The number of aromatic amines is 1. The van der Waals surface area contributed by atoms with Gasteiger partial charge in [0.15, 0.2) is 19.6 Å². The fourth-order valence-corrected chi connectivity index (χ4v) is 10.4. The first-order valence-corrected chi connectivity index (χ1v) is 21.3. The number of carbonyl (C=O) groups is 1. The molecule has 3 atom stereocenters. The van der Waals surface area contributed by atoms with Gasteiger partial charge in [0, 0.05) is 38.5 Å². The van der Waals surface area contributed by atoms with Gasteiger partial charge in [0.05, 0.1) is 33.3 Å². The second-order valence-electron chi connectivity index (χ2n) is 15.3. The number of ether oxygens (including phenoxy) is 4. The number of hydrogen-bond acceptors (Lipinski definition) is 11. The van der Waals surface area contributed by atoms with Crippen LogP contribution >= 0.6 is 8.45 Å². The van der Waals surface area contributed by atoms with E-state index in [-0.39, 0.29) is 36.0 Å². The van der Waals surface area contributed by atoms with Crippen molar-refractivity contribution in [3.8, 4) is 11.5 Å². The van der Waals surface area contributed by atoms with Crippen LogP contribution in [0, 0.1) is 5.92 Å². The van der Waals surface area contributed by atoms with Crippen LogP contribution in [0.3, 0.4) is 0 Å². The number of H-pyrrole nitrogens is 1. The van der Waals surface area contributed by atoms with Gasteiger partial charge in [-0.05, 0) is 66.6 Å². The Morgan fingerprint density at radius 3 is 2.00 bits per heavy atom. The molecule has 8 rings (SSSR count). The van der Waals surface area contributed by atoms with Gasteiger partial charge in [-0.2, -0.15) is 4.98 Å². The molecule has 15 heteroatoms. The maximum atomic E-state index is 13.2. The first kappa shape index (κ1) is 40.1. The Balaban J connectivity index is 1.19. The molecule has 2 N–H and O–H groups in total. The van der Waals surface area contributed by atoms with Crippen molar-refractivity contribution in [3.05, 3.63) is 112 Å². The summed E-state index contributed by atoms with van der Waals surface area (Å²) >= 11 is 0. The largest absolute Gasteiger partial charge is 0.497 e. The Bertz CT molecular complexity index is 2140. The predicted molar refractivity (Wildman–Crippen MR) is 222 cm³/mol. The third-order valence-electron chi connectivity index (χ3n) is 11.2. The van der Waals surface area contributed by atoms with Crippen molar-refractivity contribution in [1.29, 1.82) is 0 Å². The zero-order chi connectivity index (χ0) is 40.2. The average molecular weight is 810 g/mol. The fourth-order valence-electron chi connectivity index (χ4n) is 8.05. The van der Waals surface area contributed by atoms with E-state index < -0.39 is 31.9 Å². The van der Waals surface area contributed by atoms with Gasteiger partial charge in [0.2, 0.25) is 11.9 Å². The maximum absolute atomic E-state index is 13.2. The molecule has 0 unspecified atom stereocenters. The summed E-state index contributed by atoms with van der Waals surface area (Å²) in [4.78, 5) is 37.6. The Morgan fingerprint density at radius 2 is 1.45 bits per heavy atom. The maximum Gasteiger partial charge on any atom is 0.280 e. The molecule has 3 saturated heterocycles. The Kier molecular flexibility index (Phi) is 12.2. The fraction of sp³-hybridized carbons (Fsp3) is 0.442. The molecule has 0 spiro atoms. The number of nitrogens with zero attached hydrogens (tertiary/aromatic N) is 5. The molecule has 14 nitrogen and oxygen atoms in total. The minimum atomic E-state index is -1.07. The van der Waals surface area contributed by atoms with Gasteiger partial charge in [0.1, 0.15) is 29.4 Å². The van der Waals surface area contributed by atoms with Gasteiger partial charge in [-0.25, -0.2) is 14.3 Å². The molecule has 3 aliphatic heterocycles. The second kappa shape index (κ2) is 17.7. The highest BCUT2D eigenvalue weighted by atomic mass is 31.2. The number of benzene rings is 3. The van der Waals surface area contributed by atoms with Crippen molar-refractivity contribution >= 4 is 31.5 Å². The van der Waals surface area contributed by atoms with Gasteiger partial charge >= 0.3 is 0 Å². The van der Waals surface area contributed by atoms with E-state index in [0.29, 0.717) is 12.1 Å². The predicted octanol–water partition coefficient (Wildman–Crippen LogP) is 6.83. The molecular weight excluding hydrogens is 757 g/mol. The summed E-state index contributed by atoms with van der Waals surface area (Å²) in [6.07, 6.45) is 5.13. The summed E-state index contributed by atoms with van der Waals surface area (Å²) < 4.78 is 39.6. The number of anilines is 1. The van der Waals surface area contributed by atoms with Crippen molar-refractivity contribution in [1.82, 2.24) is 28.9 Å². The van der Waals surface area contributed by atoms with Crippen LogP contribution in [0.5, 0.6) is 11.5 Å². The number of nitrogens with one attached hydrogen (secondary N) is 2. The molecule has 0 bridgehead atoms. The molecule has 0 aliphatic carbocycles. The molecule has 1 amide bonds. The van der Waals surface area contributed by atoms with Crippen molar-refractivity contribution in [2.45, 2.75) is 70.0 Å². The number of amides is 1. The Labute approximate surface area is 339 Å². The highest BCUT2D eigenvalue weighted by Gasteiger charge is 2.45. The minimum Gasteiger partial charge on any atom is -0.497 e. The van der Waals surface area contributed by atoms with E-state index in [1.165, 1.54) is 0 Å². The first-order valence-electron chi connectivity index (χ1n) is 20.2. The lowest BCUT2D eigenvalue weighted by molar-refractivity contribution is -0.118. The average Bonchev–Trinajstić information content (AvgIpc) is 4.10. The van der Waals surface area contributed by atoms with Crippen molar-refractivity contribution in [2.75, 3.05) is 52.3 Å². The standard InChI is InChI=1S/C43H52N7O7P/c1-29(2)40(51)46-42-45-39-38(41(52)47-42)44-28-50(39)37-26-35(57-58(48-22-8-9-23-48)49-24-10-11-25-49)36(56-37)27-55-43(30-12-6-5-7-13-30,31-14-18-33(53-3)19-15-31)32-16-20-34(54-4)21-17-32/h5-7,12-21,28-29,35-37H,8-11,22-27H2,1-4H3,(H2,45,46,47,51,52)/t35-,36+,37+/m0/s1. The minimum absolute atomic E-state index is 0.0573. The van der Waals surface area contributed by atoms with Crippen molar-refractivity contribution in [2.24, 2.45) is 5.92 Å². The van der Waals surface area contributed by atoms with Gasteiger partial charge in [0.25, 0.3) is 5.56 Å². The summed E-state index contributed by atoms with van der Waals surface area (Å²) in [5.74, 6) is 0.966. The molecule has 5 aromatic rings. The van der Waals surface area contributed by atoms with Gasteiger partial charge < -0.3 is 23.5 Å². The van der Waals surface area contributed by atoms with Gasteiger partial charge in [-0.3, -0.25) is 24.5 Å². The molecule has 3 aliphatic rings. The van der Waals surface area contributed by atoms with Crippen molar-refractivity contribution < 1.29 is 28.3 Å². The summed E-state index contributed by atoms with van der Waals surface area (Å²) in [7, 11) is 2.25. The highest BCUT2D eigenvalue weighted by Crippen LogP contribution is 2.53. The molecule has 306 valence electrons. The number of rotatable bonds is 15. The first-order chi connectivity index (χ1) is 28.3. The summed E-state index contributed by atoms with van der Waals surface area (Å²) in [6, 6.07) is 26.2. The molecule has 0 radical (unpaired) electrons. The van der Waals surface area contributed by atoms with E-state index >= 15 is 0 Å².